The van der Waals surface area contributed by atoms with Gasteiger partial charge in [-0.05, 0) is 18.2 Å². The quantitative estimate of drug-likeness (QED) is 0.665. The topological polar surface area (TPSA) is 65.2 Å². The molecule has 1 aromatic carbocycles. The largest absolute Gasteiger partial charge is 0.465 e. The van der Waals surface area contributed by atoms with Crippen LogP contribution >= 0.6 is 34.8 Å². The van der Waals surface area contributed by atoms with Gasteiger partial charge in [-0.25, -0.2) is 4.79 Å². The maximum absolute atomic E-state index is 11.8. The van der Waals surface area contributed by atoms with E-state index in [1.807, 2.05) is 0 Å². The summed E-state index contributed by atoms with van der Waals surface area (Å²) in [6, 6.07) is 4.67. The first-order valence-electron chi connectivity index (χ1n) is 5.43. The molecule has 0 spiro atoms. The van der Waals surface area contributed by atoms with Crippen molar-refractivity contribution >= 4 is 46.5 Å². The van der Waals surface area contributed by atoms with Gasteiger partial charge in [-0.15, -0.1) is 0 Å². The highest BCUT2D eigenvalue weighted by Crippen LogP contribution is 2.38. The number of rotatable bonds is 2. The van der Waals surface area contributed by atoms with Crippen LogP contribution < -0.4 is 5.73 Å². The molecule has 0 fully saturated rings. The Bertz CT molecular complexity index is 690. The van der Waals surface area contributed by atoms with Gasteiger partial charge in [0.2, 0.25) is 0 Å². The minimum absolute atomic E-state index is 0.195. The van der Waals surface area contributed by atoms with E-state index >= 15 is 0 Å². The van der Waals surface area contributed by atoms with Crippen LogP contribution in [-0.4, -0.2) is 18.1 Å². The van der Waals surface area contributed by atoms with E-state index in [-0.39, 0.29) is 15.6 Å². The molecular weight excluding hydrogens is 323 g/mol. The molecule has 0 aliphatic carbocycles. The molecule has 0 saturated heterocycles. The average molecular weight is 332 g/mol. The van der Waals surface area contributed by atoms with E-state index in [0.29, 0.717) is 22.0 Å². The lowest BCUT2D eigenvalue weighted by Crippen LogP contribution is -2.06. The Labute approximate surface area is 130 Å². The number of methoxy groups -OCH3 is 1. The van der Waals surface area contributed by atoms with Gasteiger partial charge in [0.1, 0.15) is 0 Å². The summed E-state index contributed by atoms with van der Waals surface area (Å²) in [6.45, 7) is 0. The number of halogens is 3. The molecule has 1 heterocycles. The Hall–Kier alpha value is -1.49. The van der Waals surface area contributed by atoms with Crippen molar-refractivity contribution in [3.05, 3.63) is 45.0 Å². The highest BCUT2D eigenvalue weighted by molar-refractivity contribution is 6.49. The first kappa shape index (κ1) is 14.9. The monoisotopic (exact) mass is 330 g/mol. The van der Waals surface area contributed by atoms with Crippen LogP contribution in [0, 0.1) is 0 Å². The summed E-state index contributed by atoms with van der Waals surface area (Å²) in [5.41, 5.74) is 6.98. The van der Waals surface area contributed by atoms with Gasteiger partial charge in [0.15, 0.2) is 0 Å². The fraction of sp³-hybridized carbons (Fsp3) is 0.0769. The minimum Gasteiger partial charge on any atom is -0.465 e. The first-order valence-corrected chi connectivity index (χ1v) is 6.56. The smallest absolute Gasteiger partial charge is 0.340 e. The van der Waals surface area contributed by atoms with Crippen LogP contribution in [0.15, 0.2) is 24.4 Å². The molecule has 7 heteroatoms. The second-order valence-corrected chi connectivity index (χ2v) is 5.04. The number of carbonyl (C=O) groups is 1. The minimum atomic E-state index is -0.568. The molecule has 0 atom stereocenters. The van der Waals surface area contributed by atoms with Gasteiger partial charge >= 0.3 is 5.97 Å². The van der Waals surface area contributed by atoms with Gasteiger partial charge in [0, 0.05) is 5.56 Å². The molecule has 4 nitrogen and oxygen atoms in total. The lowest BCUT2D eigenvalue weighted by molar-refractivity contribution is 0.0601. The van der Waals surface area contributed by atoms with Crippen molar-refractivity contribution in [3.8, 4) is 11.3 Å². The number of benzene rings is 1. The number of pyridine rings is 1. The van der Waals surface area contributed by atoms with E-state index in [4.69, 9.17) is 45.3 Å². The van der Waals surface area contributed by atoms with Crippen LogP contribution in [-0.2, 0) is 4.74 Å². The summed E-state index contributed by atoms with van der Waals surface area (Å²) in [7, 11) is 1.27. The van der Waals surface area contributed by atoms with E-state index in [9.17, 15) is 4.79 Å². The zero-order valence-electron chi connectivity index (χ0n) is 10.3. The molecule has 0 aliphatic heterocycles. The molecule has 0 aliphatic rings. The summed E-state index contributed by atoms with van der Waals surface area (Å²) in [5.74, 6) is -0.568. The average Bonchev–Trinajstić information content (AvgIpc) is 2.44. The van der Waals surface area contributed by atoms with Gasteiger partial charge < -0.3 is 10.5 Å². The Balaban J connectivity index is 2.70. The Morgan fingerprint density at radius 1 is 1.25 bits per heavy atom. The van der Waals surface area contributed by atoms with Crippen LogP contribution in [0.5, 0.6) is 0 Å². The second-order valence-electron chi connectivity index (χ2n) is 3.88. The molecule has 0 saturated carbocycles. The summed E-state index contributed by atoms with van der Waals surface area (Å²) >= 11 is 18.0. The van der Waals surface area contributed by atoms with Crippen molar-refractivity contribution in [2.75, 3.05) is 12.8 Å². The maximum atomic E-state index is 11.8. The fourth-order valence-corrected chi connectivity index (χ4v) is 2.29. The van der Waals surface area contributed by atoms with E-state index in [1.54, 1.807) is 12.1 Å². The van der Waals surface area contributed by atoms with Gasteiger partial charge in [0.25, 0.3) is 0 Å². The van der Waals surface area contributed by atoms with E-state index in [2.05, 4.69) is 4.98 Å². The molecule has 0 radical (unpaired) electrons. The Morgan fingerprint density at radius 3 is 2.60 bits per heavy atom. The Kier molecular flexibility index (Phi) is 4.38. The number of nitrogen functional groups attached to an aromatic ring is 1. The summed E-state index contributed by atoms with van der Waals surface area (Å²) in [6.07, 6.45) is 1.42. The highest BCUT2D eigenvalue weighted by atomic mass is 35.5. The molecule has 1 aromatic heterocycles. The standard InChI is InChI=1S/C13H9Cl3N2O2/c1-20-13(19)8-4-6(17)5-18-12(8)7-2-3-9(14)11(16)10(7)15/h2-5H,17H2,1H3. The molecular formula is C13H9Cl3N2O2. The van der Waals surface area contributed by atoms with Gasteiger partial charge in [-0.2, -0.15) is 0 Å². The van der Waals surface area contributed by atoms with Crippen molar-refractivity contribution in [2.24, 2.45) is 0 Å². The molecule has 2 N–H and O–H groups in total. The zero-order valence-corrected chi connectivity index (χ0v) is 12.6. The number of nitrogens with zero attached hydrogens (tertiary/aromatic N) is 1. The zero-order chi connectivity index (χ0) is 14.9. The summed E-state index contributed by atoms with van der Waals surface area (Å²) < 4.78 is 4.71. The normalized spacial score (nSPS) is 10.4. The van der Waals surface area contributed by atoms with Crippen LogP contribution in [0.2, 0.25) is 15.1 Å². The number of esters is 1. The van der Waals surface area contributed by atoms with Crippen LogP contribution in [0.4, 0.5) is 5.69 Å². The van der Waals surface area contributed by atoms with E-state index in [0.717, 1.165) is 0 Å². The summed E-state index contributed by atoms with van der Waals surface area (Å²) in [5, 5.41) is 0.720. The molecule has 20 heavy (non-hydrogen) atoms. The molecule has 0 unspecified atom stereocenters. The third-order valence-electron chi connectivity index (χ3n) is 2.60. The van der Waals surface area contributed by atoms with Crippen molar-refractivity contribution in [2.45, 2.75) is 0 Å². The number of hydrogen-bond donors (Lipinski definition) is 1. The van der Waals surface area contributed by atoms with Crippen LogP contribution in [0.3, 0.4) is 0 Å². The number of hydrogen-bond acceptors (Lipinski definition) is 4. The number of carbonyl (C=O) groups excluding carboxylic acids is 1. The number of anilines is 1. The second kappa shape index (κ2) is 5.87. The lowest BCUT2D eigenvalue weighted by Gasteiger charge is -2.11. The number of ether oxygens (including phenoxy) is 1. The van der Waals surface area contributed by atoms with Gasteiger partial charge in [-0.1, -0.05) is 34.8 Å². The highest BCUT2D eigenvalue weighted by Gasteiger charge is 2.19. The van der Waals surface area contributed by atoms with Crippen molar-refractivity contribution < 1.29 is 9.53 Å². The molecule has 2 aromatic rings. The molecule has 2 rings (SSSR count). The third kappa shape index (κ3) is 2.68. The molecule has 104 valence electrons. The number of nitrogens with two attached hydrogens (primary N) is 1. The Morgan fingerprint density at radius 2 is 1.95 bits per heavy atom. The van der Waals surface area contributed by atoms with Crippen LogP contribution in [0.25, 0.3) is 11.3 Å². The van der Waals surface area contributed by atoms with Crippen molar-refractivity contribution in [1.29, 1.82) is 0 Å². The number of aromatic nitrogens is 1. The van der Waals surface area contributed by atoms with Crippen LogP contribution in [0.1, 0.15) is 10.4 Å². The molecule has 0 bridgehead atoms. The predicted molar refractivity (Wildman–Crippen MR) is 80.5 cm³/mol. The maximum Gasteiger partial charge on any atom is 0.340 e. The van der Waals surface area contributed by atoms with Gasteiger partial charge in [0.05, 0.1) is 45.3 Å². The van der Waals surface area contributed by atoms with E-state index < -0.39 is 5.97 Å². The van der Waals surface area contributed by atoms with Crippen molar-refractivity contribution in [3.63, 3.8) is 0 Å². The van der Waals surface area contributed by atoms with Crippen molar-refractivity contribution in [1.82, 2.24) is 4.98 Å². The van der Waals surface area contributed by atoms with Gasteiger partial charge in [-0.3, -0.25) is 4.98 Å². The fourth-order valence-electron chi connectivity index (χ4n) is 1.67. The predicted octanol–water partition coefficient (Wildman–Crippen LogP) is 4.08. The summed E-state index contributed by atoms with van der Waals surface area (Å²) in [4.78, 5) is 15.9. The first-order chi connectivity index (χ1) is 9.45. The SMILES string of the molecule is COC(=O)c1cc(N)cnc1-c1ccc(Cl)c(Cl)c1Cl. The van der Waals surface area contributed by atoms with E-state index in [1.165, 1.54) is 19.4 Å². The lowest BCUT2D eigenvalue weighted by atomic mass is 10.1. The molecule has 0 amide bonds. The third-order valence-corrected chi connectivity index (χ3v) is 3.90.